The largest absolute Gasteiger partial charge is 0.354 e. The van der Waals surface area contributed by atoms with Gasteiger partial charge in [0.25, 0.3) is 0 Å². The lowest BCUT2D eigenvalue weighted by Crippen LogP contribution is -2.45. The fourth-order valence-corrected chi connectivity index (χ4v) is 3.49. The van der Waals surface area contributed by atoms with Crippen molar-refractivity contribution in [3.8, 4) is 0 Å². The highest BCUT2D eigenvalue weighted by Gasteiger charge is 2.30. The third-order valence-corrected chi connectivity index (χ3v) is 4.99. The third-order valence-electron chi connectivity index (χ3n) is 2.71. The highest BCUT2D eigenvalue weighted by Crippen LogP contribution is 2.18. The molecule has 7 heteroatoms. The molecule has 1 aliphatic rings. The number of rotatable bonds is 4. The monoisotopic (exact) mass is 262 g/mol. The van der Waals surface area contributed by atoms with Crippen LogP contribution in [0.15, 0.2) is 4.99 Å². The number of nitrogens with two attached hydrogens (primary N) is 1. The standard InChI is InChI=1S/C10H22N4O2S/c1-8(2)6-12-10(14-11)13-7-9-4-3-5-17(9,15)16/h8-9H,3-7,11H2,1-2H3,(H2,12,13,14). The minimum absolute atomic E-state index is 0.299. The Morgan fingerprint density at radius 2 is 2.24 bits per heavy atom. The molecule has 0 aromatic rings. The van der Waals surface area contributed by atoms with Crippen LogP contribution in [0, 0.1) is 5.92 Å². The maximum Gasteiger partial charge on any atom is 0.205 e. The number of aliphatic imine (C=N–C) groups is 1. The van der Waals surface area contributed by atoms with Gasteiger partial charge in [-0.3, -0.25) is 10.4 Å². The van der Waals surface area contributed by atoms with Gasteiger partial charge in [0, 0.05) is 13.1 Å². The Labute approximate surface area is 103 Å². The van der Waals surface area contributed by atoms with Gasteiger partial charge < -0.3 is 5.32 Å². The number of nitrogens with one attached hydrogen (secondary N) is 2. The zero-order valence-electron chi connectivity index (χ0n) is 10.4. The summed E-state index contributed by atoms with van der Waals surface area (Å²) in [4.78, 5) is 4.23. The maximum absolute atomic E-state index is 11.6. The quantitative estimate of drug-likeness (QED) is 0.278. The molecule has 1 saturated heterocycles. The van der Waals surface area contributed by atoms with Crippen LogP contribution in [0.3, 0.4) is 0 Å². The highest BCUT2D eigenvalue weighted by atomic mass is 32.2. The van der Waals surface area contributed by atoms with Gasteiger partial charge in [-0.25, -0.2) is 14.3 Å². The molecule has 0 radical (unpaired) electrons. The second-order valence-corrected chi connectivity index (χ2v) is 7.14. The van der Waals surface area contributed by atoms with Gasteiger partial charge in [-0.05, 0) is 18.8 Å². The predicted octanol–water partition coefficient (Wildman–Crippen LogP) is -0.371. The van der Waals surface area contributed by atoms with E-state index in [-0.39, 0.29) is 5.25 Å². The fourth-order valence-electron chi connectivity index (χ4n) is 1.72. The van der Waals surface area contributed by atoms with Gasteiger partial charge in [-0.15, -0.1) is 0 Å². The van der Waals surface area contributed by atoms with Crippen molar-refractivity contribution >= 4 is 15.8 Å². The van der Waals surface area contributed by atoms with E-state index in [0.717, 1.165) is 12.8 Å². The molecule has 0 amide bonds. The molecule has 1 fully saturated rings. The van der Waals surface area contributed by atoms with Gasteiger partial charge in [0.2, 0.25) is 5.96 Å². The minimum atomic E-state index is -2.91. The summed E-state index contributed by atoms with van der Waals surface area (Å²) in [6, 6.07) is 0. The summed E-state index contributed by atoms with van der Waals surface area (Å²) in [6.45, 7) is 5.14. The van der Waals surface area contributed by atoms with Crippen LogP contribution in [0.25, 0.3) is 0 Å². The molecule has 1 atom stereocenters. The van der Waals surface area contributed by atoms with Crippen LogP contribution in [0.4, 0.5) is 0 Å². The average Bonchev–Trinajstić information content (AvgIpc) is 2.58. The van der Waals surface area contributed by atoms with E-state index in [9.17, 15) is 8.42 Å². The van der Waals surface area contributed by atoms with E-state index in [1.54, 1.807) is 0 Å². The van der Waals surface area contributed by atoms with E-state index < -0.39 is 9.84 Å². The van der Waals surface area contributed by atoms with Crippen LogP contribution in [0.5, 0.6) is 0 Å². The number of sulfone groups is 1. The van der Waals surface area contributed by atoms with Crippen LogP contribution in [-0.4, -0.2) is 38.5 Å². The number of hydrogen-bond acceptors (Lipinski definition) is 4. The molecule has 6 nitrogen and oxygen atoms in total. The van der Waals surface area contributed by atoms with Gasteiger partial charge in [0.05, 0.1) is 11.0 Å². The van der Waals surface area contributed by atoms with Gasteiger partial charge in [-0.1, -0.05) is 13.8 Å². The van der Waals surface area contributed by atoms with Crippen LogP contribution < -0.4 is 16.6 Å². The molecule has 0 aromatic heterocycles. The number of hydrogen-bond donors (Lipinski definition) is 3. The molecule has 17 heavy (non-hydrogen) atoms. The molecule has 100 valence electrons. The molecule has 0 aromatic carbocycles. The van der Waals surface area contributed by atoms with Crippen molar-refractivity contribution in [2.45, 2.75) is 31.9 Å². The Kier molecular flexibility index (Phi) is 5.20. The molecular formula is C10H22N4O2S. The number of nitrogens with zero attached hydrogens (tertiary/aromatic N) is 1. The number of guanidine groups is 1. The minimum Gasteiger partial charge on any atom is -0.354 e. The van der Waals surface area contributed by atoms with Crippen LogP contribution in [0.1, 0.15) is 26.7 Å². The summed E-state index contributed by atoms with van der Waals surface area (Å²) in [5.41, 5.74) is 2.45. The van der Waals surface area contributed by atoms with Gasteiger partial charge in [0.15, 0.2) is 9.84 Å². The highest BCUT2D eigenvalue weighted by molar-refractivity contribution is 7.92. The van der Waals surface area contributed by atoms with Crippen LogP contribution in [0.2, 0.25) is 0 Å². The molecule has 1 unspecified atom stereocenters. The van der Waals surface area contributed by atoms with Crippen molar-refractivity contribution in [1.29, 1.82) is 0 Å². The van der Waals surface area contributed by atoms with Crippen molar-refractivity contribution in [2.24, 2.45) is 16.8 Å². The number of hydrazine groups is 1. The molecule has 0 bridgehead atoms. The SMILES string of the molecule is CC(C)CN=C(NN)NCC1CCCS1(=O)=O. The Hall–Kier alpha value is -0.820. The Balaban J connectivity index is 2.45. The lowest BCUT2D eigenvalue weighted by atomic mass is 10.2. The molecule has 1 aliphatic heterocycles. The third kappa shape index (κ3) is 4.51. The molecule has 0 aliphatic carbocycles. The smallest absolute Gasteiger partial charge is 0.205 e. The zero-order chi connectivity index (χ0) is 12.9. The lowest BCUT2D eigenvalue weighted by Gasteiger charge is -2.13. The average molecular weight is 262 g/mol. The first-order chi connectivity index (χ1) is 7.95. The lowest BCUT2D eigenvalue weighted by molar-refractivity contribution is 0.585. The van der Waals surface area contributed by atoms with Gasteiger partial charge in [0.1, 0.15) is 0 Å². The first-order valence-electron chi connectivity index (χ1n) is 5.92. The van der Waals surface area contributed by atoms with E-state index in [4.69, 9.17) is 5.84 Å². The Morgan fingerprint density at radius 3 is 2.71 bits per heavy atom. The topological polar surface area (TPSA) is 96.6 Å². The summed E-state index contributed by atoms with van der Waals surface area (Å²) in [5, 5.41) is 2.65. The molecule has 1 rings (SSSR count). The van der Waals surface area contributed by atoms with E-state index in [0.29, 0.717) is 30.7 Å². The first kappa shape index (κ1) is 14.2. The maximum atomic E-state index is 11.6. The van der Waals surface area contributed by atoms with Crippen LogP contribution >= 0.6 is 0 Å². The van der Waals surface area contributed by atoms with Crippen molar-refractivity contribution in [2.75, 3.05) is 18.8 Å². The van der Waals surface area contributed by atoms with Crippen LogP contribution in [-0.2, 0) is 9.84 Å². The summed E-state index contributed by atoms with van der Waals surface area (Å²) in [5.74, 6) is 6.52. The normalized spacial score (nSPS) is 24.0. The summed E-state index contributed by atoms with van der Waals surface area (Å²) in [7, 11) is -2.91. The van der Waals surface area contributed by atoms with Crippen molar-refractivity contribution < 1.29 is 8.42 Å². The molecule has 0 saturated carbocycles. The van der Waals surface area contributed by atoms with E-state index in [1.807, 2.05) is 0 Å². The van der Waals surface area contributed by atoms with Gasteiger partial charge >= 0.3 is 0 Å². The van der Waals surface area contributed by atoms with E-state index in [1.165, 1.54) is 0 Å². The first-order valence-corrected chi connectivity index (χ1v) is 7.63. The van der Waals surface area contributed by atoms with Crippen molar-refractivity contribution in [3.05, 3.63) is 0 Å². The molecule has 1 heterocycles. The second kappa shape index (κ2) is 6.20. The van der Waals surface area contributed by atoms with Gasteiger partial charge in [-0.2, -0.15) is 0 Å². The predicted molar refractivity (Wildman–Crippen MR) is 69.3 cm³/mol. The summed E-state index contributed by atoms with van der Waals surface area (Å²) in [6.07, 6.45) is 1.47. The zero-order valence-corrected chi connectivity index (χ0v) is 11.3. The molecule has 4 N–H and O–H groups in total. The summed E-state index contributed by atoms with van der Waals surface area (Å²) < 4.78 is 23.2. The Morgan fingerprint density at radius 1 is 1.53 bits per heavy atom. The fraction of sp³-hybridized carbons (Fsp3) is 0.900. The molecular weight excluding hydrogens is 240 g/mol. The summed E-state index contributed by atoms with van der Waals surface area (Å²) >= 11 is 0. The van der Waals surface area contributed by atoms with E-state index >= 15 is 0 Å². The van der Waals surface area contributed by atoms with Crippen molar-refractivity contribution in [1.82, 2.24) is 10.7 Å². The van der Waals surface area contributed by atoms with Crippen molar-refractivity contribution in [3.63, 3.8) is 0 Å². The molecule has 0 spiro atoms. The second-order valence-electron chi connectivity index (χ2n) is 4.74. The van der Waals surface area contributed by atoms with E-state index in [2.05, 4.69) is 29.6 Å². The Bertz CT molecular complexity index is 365.